The normalized spacial score (nSPS) is 25.2. The van der Waals surface area contributed by atoms with Gasteiger partial charge in [0.15, 0.2) is 0 Å². The van der Waals surface area contributed by atoms with Crippen LogP contribution >= 0.6 is 0 Å². The quantitative estimate of drug-likeness (QED) is 0.267. The fourth-order valence-electron chi connectivity index (χ4n) is 3.06. The second kappa shape index (κ2) is 8.89. The molecule has 0 aromatic carbocycles. The molecule has 0 saturated heterocycles. The van der Waals surface area contributed by atoms with Gasteiger partial charge in [-0.1, -0.05) is 40.0 Å². The van der Waals surface area contributed by atoms with Gasteiger partial charge in [0.1, 0.15) is 0 Å². The molecule has 0 N–H and O–H groups in total. The van der Waals surface area contributed by atoms with Gasteiger partial charge in [-0.15, -0.1) is 0 Å². The number of hydrogen-bond acceptors (Lipinski definition) is 4. The van der Waals surface area contributed by atoms with E-state index in [1.54, 1.807) is 6.26 Å². The summed E-state index contributed by atoms with van der Waals surface area (Å²) >= 11 is 0. The topological polar surface area (TPSA) is 59.3 Å². The molecule has 1 rings (SSSR count). The first-order valence-corrected chi connectivity index (χ1v) is 12.4. The van der Waals surface area contributed by atoms with Crippen molar-refractivity contribution in [2.45, 2.75) is 84.4 Å². The average molecular weight is 366 g/mol. The van der Waals surface area contributed by atoms with Crippen LogP contribution in [0.25, 0.3) is 0 Å². The molecular formula is C20H35NO3Si. The molecular weight excluding hydrogens is 330 g/mol. The molecule has 1 aliphatic carbocycles. The van der Waals surface area contributed by atoms with Crippen LogP contribution in [0.5, 0.6) is 0 Å². The zero-order chi connectivity index (χ0) is 19.1. The molecule has 142 valence electrons. The van der Waals surface area contributed by atoms with Crippen molar-refractivity contribution in [3.63, 3.8) is 0 Å². The number of nitriles is 1. The monoisotopic (exact) mass is 365 g/mol. The Balaban J connectivity index is 2.98. The molecule has 0 amide bonds. The van der Waals surface area contributed by atoms with Gasteiger partial charge in [0.2, 0.25) is 8.32 Å². The molecule has 4 nitrogen and oxygen atoms in total. The van der Waals surface area contributed by atoms with Crippen molar-refractivity contribution in [1.29, 1.82) is 5.26 Å². The highest BCUT2D eigenvalue weighted by Gasteiger charge is 2.41. The summed E-state index contributed by atoms with van der Waals surface area (Å²) in [4.78, 5) is 12.0. The number of carbonyl (C=O) groups excluding carboxylic acids is 1. The van der Waals surface area contributed by atoms with E-state index >= 15 is 0 Å². The summed E-state index contributed by atoms with van der Waals surface area (Å²) in [6, 6.07) is 2.52. The molecule has 0 unspecified atom stereocenters. The number of carbonyl (C=O) groups is 1. The van der Waals surface area contributed by atoms with Crippen molar-refractivity contribution in [2.75, 3.05) is 6.61 Å². The first kappa shape index (κ1) is 21.8. The smallest absolute Gasteiger partial charge is 0.306 e. The Morgan fingerprint density at radius 1 is 1.32 bits per heavy atom. The number of allylic oxidation sites excluding steroid dienone is 1. The Kier molecular flexibility index (Phi) is 7.74. The van der Waals surface area contributed by atoms with Crippen LogP contribution in [0.3, 0.4) is 0 Å². The number of ether oxygens (including phenoxy) is 1. The van der Waals surface area contributed by atoms with Crippen molar-refractivity contribution in [2.24, 2.45) is 11.3 Å². The van der Waals surface area contributed by atoms with E-state index in [0.717, 1.165) is 32.1 Å². The lowest BCUT2D eigenvalue weighted by Gasteiger charge is -2.36. The van der Waals surface area contributed by atoms with Crippen molar-refractivity contribution in [1.82, 2.24) is 0 Å². The summed E-state index contributed by atoms with van der Waals surface area (Å²) < 4.78 is 11.3. The first-order chi connectivity index (χ1) is 11.6. The number of nitrogens with zero attached hydrogens (tertiary/aromatic N) is 1. The fraction of sp³-hybridized carbons (Fsp3) is 0.800. The largest absolute Gasteiger partial charge is 0.549 e. The highest BCUT2D eigenvalue weighted by atomic mass is 28.4. The van der Waals surface area contributed by atoms with Crippen LogP contribution in [0.4, 0.5) is 0 Å². The minimum absolute atomic E-state index is 0.00156. The van der Waals surface area contributed by atoms with Gasteiger partial charge >= 0.3 is 5.97 Å². The van der Waals surface area contributed by atoms with Gasteiger partial charge in [-0.05, 0) is 49.9 Å². The predicted octanol–water partition coefficient (Wildman–Crippen LogP) is 5.57. The van der Waals surface area contributed by atoms with Gasteiger partial charge in [-0.3, -0.25) is 4.79 Å². The van der Waals surface area contributed by atoms with E-state index in [2.05, 4.69) is 39.9 Å². The molecule has 1 saturated carbocycles. The Hall–Kier alpha value is -1.28. The molecule has 1 fully saturated rings. The van der Waals surface area contributed by atoms with Gasteiger partial charge in [0.25, 0.3) is 0 Å². The minimum atomic E-state index is -1.90. The van der Waals surface area contributed by atoms with Gasteiger partial charge < -0.3 is 9.16 Å². The van der Waals surface area contributed by atoms with Gasteiger partial charge in [-0.25, -0.2) is 0 Å². The lowest BCUT2D eigenvalue weighted by Crippen LogP contribution is -2.39. The summed E-state index contributed by atoms with van der Waals surface area (Å²) in [7, 11) is -1.90. The average Bonchev–Trinajstić information content (AvgIpc) is 2.69. The maximum Gasteiger partial charge on any atom is 0.306 e. The van der Waals surface area contributed by atoms with Crippen LogP contribution in [0.15, 0.2) is 12.3 Å². The fourth-order valence-corrected chi connectivity index (χ4v) is 3.82. The summed E-state index contributed by atoms with van der Waals surface area (Å²) in [6.45, 7) is 13.2. The molecule has 0 aromatic rings. The van der Waals surface area contributed by atoms with E-state index in [1.165, 1.54) is 0 Å². The number of rotatable bonds is 6. The van der Waals surface area contributed by atoms with Crippen molar-refractivity contribution < 1.29 is 14.0 Å². The van der Waals surface area contributed by atoms with Crippen LogP contribution < -0.4 is 0 Å². The van der Waals surface area contributed by atoms with E-state index in [-0.39, 0.29) is 16.9 Å². The van der Waals surface area contributed by atoms with Crippen LogP contribution in [0.2, 0.25) is 18.1 Å². The zero-order valence-corrected chi connectivity index (χ0v) is 17.9. The second-order valence-electron chi connectivity index (χ2n) is 8.64. The highest BCUT2D eigenvalue weighted by Crippen LogP contribution is 2.43. The Morgan fingerprint density at radius 3 is 2.56 bits per heavy atom. The third-order valence-electron chi connectivity index (χ3n) is 5.83. The maximum atomic E-state index is 12.0. The van der Waals surface area contributed by atoms with Crippen molar-refractivity contribution in [3.05, 3.63) is 12.3 Å². The Labute approximate surface area is 154 Å². The van der Waals surface area contributed by atoms with E-state index < -0.39 is 13.7 Å². The van der Waals surface area contributed by atoms with Crippen LogP contribution in [-0.4, -0.2) is 20.9 Å². The second-order valence-corrected chi connectivity index (χ2v) is 13.4. The van der Waals surface area contributed by atoms with E-state index in [9.17, 15) is 10.1 Å². The molecule has 1 aliphatic rings. The third-order valence-corrected chi connectivity index (χ3v) is 10.2. The summed E-state index contributed by atoms with van der Waals surface area (Å²) in [5, 5.41) is 10.1. The molecule has 0 aliphatic heterocycles. The summed E-state index contributed by atoms with van der Waals surface area (Å²) in [5.41, 5.74) is -0.633. The van der Waals surface area contributed by atoms with E-state index in [4.69, 9.17) is 9.16 Å². The third kappa shape index (κ3) is 5.88. The van der Waals surface area contributed by atoms with Crippen molar-refractivity contribution >= 4 is 14.3 Å². The SMILES string of the molecule is CCOC(=O)C[C@@H]1CCCCC[C@@]1(C#N)/C=C/O[Si](C)(C)C(C)(C)C. The highest BCUT2D eigenvalue weighted by molar-refractivity contribution is 6.74. The Bertz CT molecular complexity index is 516. The predicted molar refractivity (Wildman–Crippen MR) is 103 cm³/mol. The molecule has 0 radical (unpaired) electrons. The summed E-state index contributed by atoms with van der Waals surface area (Å²) in [6.07, 6.45) is 8.85. The zero-order valence-electron chi connectivity index (χ0n) is 16.9. The number of hydrogen-bond donors (Lipinski definition) is 0. The molecule has 2 atom stereocenters. The standard InChI is InChI=1S/C20H35NO3Si/c1-7-23-18(22)15-17-11-9-8-10-12-20(17,16-21)13-14-24-25(5,6)19(2,3)4/h13-14,17H,7-12,15H2,1-6H3/b14-13+/t17-,20-/m0/s1. The van der Waals surface area contributed by atoms with Gasteiger partial charge in [0.05, 0.1) is 30.8 Å². The van der Waals surface area contributed by atoms with Crippen LogP contribution in [-0.2, 0) is 14.0 Å². The Morgan fingerprint density at radius 2 is 2.00 bits per heavy atom. The molecule has 25 heavy (non-hydrogen) atoms. The lowest BCUT2D eigenvalue weighted by atomic mass is 9.71. The van der Waals surface area contributed by atoms with Crippen LogP contribution in [0.1, 0.15) is 66.2 Å². The van der Waals surface area contributed by atoms with E-state index in [1.807, 2.05) is 13.0 Å². The molecule has 0 heterocycles. The molecule has 5 heteroatoms. The lowest BCUT2D eigenvalue weighted by molar-refractivity contribution is -0.144. The van der Waals surface area contributed by atoms with Gasteiger partial charge in [-0.2, -0.15) is 5.26 Å². The van der Waals surface area contributed by atoms with Crippen LogP contribution in [0, 0.1) is 22.7 Å². The number of esters is 1. The van der Waals surface area contributed by atoms with Gasteiger partial charge in [0, 0.05) is 0 Å². The summed E-state index contributed by atoms with van der Waals surface area (Å²) in [5.74, 6) is -0.203. The molecule has 0 bridgehead atoms. The molecule has 0 spiro atoms. The first-order valence-electron chi connectivity index (χ1n) is 9.50. The maximum absolute atomic E-state index is 12.0. The van der Waals surface area contributed by atoms with E-state index in [0.29, 0.717) is 13.0 Å². The minimum Gasteiger partial charge on any atom is -0.549 e. The van der Waals surface area contributed by atoms with Crippen molar-refractivity contribution in [3.8, 4) is 6.07 Å². The molecule has 0 aromatic heterocycles.